The molecule has 3 heterocycles. The number of ether oxygens (including phenoxy) is 4. The summed E-state index contributed by atoms with van der Waals surface area (Å²) in [5.74, 6) is 1.55. The summed E-state index contributed by atoms with van der Waals surface area (Å²) in [4.78, 5) is 7.00. The van der Waals surface area contributed by atoms with Crippen LogP contribution in [-0.4, -0.2) is 118 Å². The highest BCUT2D eigenvalue weighted by molar-refractivity contribution is 5.43. The van der Waals surface area contributed by atoms with E-state index >= 15 is 0 Å². The minimum atomic E-state index is -0.635. The van der Waals surface area contributed by atoms with E-state index in [1.807, 2.05) is 6.07 Å². The maximum atomic E-state index is 11.1. The Morgan fingerprint density at radius 3 is 2.35 bits per heavy atom. The number of rotatable bonds is 9. The van der Waals surface area contributed by atoms with Crippen LogP contribution in [0.15, 0.2) is 18.2 Å². The molecule has 0 amide bonds. The molecule has 174 valence electrons. The van der Waals surface area contributed by atoms with Crippen molar-refractivity contribution < 1.29 is 24.1 Å². The van der Waals surface area contributed by atoms with E-state index in [0.29, 0.717) is 13.2 Å². The molecule has 0 radical (unpaired) electrons. The molecule has 3 aliphatic rings. The topological polar surface area (TPSA) is 66.9 Å². The maximum absolute atomic E-state index is 11.1. The fourth-order valence-corrected chi connectivity index (χ4v) is 4.68. The van der Waals surface area contributed by atoms with Gasteiger partial charge in [-0.25, -0.2) is 0 Å². The quantitative estimate of drug-likeness (QED) is 0.607. The van der Waals surface area contributed by atoms with Crippen molar-refractivity contribution >= 4 is 0 Å². The van der Waals surface area contributed by atoms with Crippen LogP contribution < -0.4 is 9.47 Å². The molecule has 8 heteroatoms. The molecule has 8 nitrogen and oxygen atoms in total. The van der Waals surface area contributed by atoms with Gasteiger partial charge in [-0.1, -0.05) is 6.07 Å². The molecule has 1 atom stereocenters. The summed E-state index contributed by atoms with van der Waals surface area (Å²) in [6.07, 6.45) is 0.810. The normalized spacial score (nSPS) is 26.3. The molecule has 3 saturated heterocycles. The van der Waals surface area contributed by atoms with Crippen LogP contribution in [-0.2, 0) is 16.0 Å². The molecule has 3 fully saturated rings. The van der Waals surface area contributed by atoms with Crippen molar-refractivity contribution in [3.63, 3.8) is 0 Å². The Balaban J connectivity index is 1.26. The second kappa shape index (κ2) is 10.9. The van der Waals surface area contributed by atoms with E-state index in [1.165, 1.54) is 5.56 Å². The third-order valence-electron chi connectivity index (χ3n) is 6.44. The molecule has 4 rings (SSSR count). The van der Waals surface area contributed by atoms with Crippen LogP contribution in [0.2, 0.25) is 0 Å². The highest BCUT2D eigenvalue weighted by Gasteiger charge is 2.37. The molecule has 0 aromatic heterocycles. The van der Waals surface area contributed by atoms with Crippen LogP contribution >= 0.6 is 0 Å². The Hall–Kier alpha value is -1.42. The van der Waals surface area contributed by atoms with E-state index in [1.54, 1.807) is 7.11 Å². The SMILES string of the molecule is COc1cc(CN2CC[C@@](O)(CN3CCOCC3)C2)ccc1OCCN1CCOCC1. The molecule has 0 unspecified atom stereocenters. The lowest BCUT2D eigenvalue weighted by Crippen LogP contribution is -2.48. The smallest absolute Gasteiger partial charge is 0.161 e. The van der Waals surface area contributed by atoms with Crippen molar-refractivity contribution in [3.8, 4) is 11.5 Å². The lowest BCUT2D eigenvalue weighted by atomic mass is 10.0. The molecule has 1 N–H and O–H groups in total. The lowest BCUT2D eigenvalue weighted by molar-refractivity contribution is -0.0266. The van der Waals surface area contributed by atoms with Crippen LogP contribution in [0.4, 0.5) is 0 Å². The molecule has 0 spiro atoms. The van der Waals surface area contributed by atoms with Crippen LogP contribution in [0.5, 0.6) is 11.5 Å². The van der Waals surface area contributed by atoms with Gasteiger partial charge in [-0.3, -0.25) is 14.7 Å². The van der Waals surface area contributed by atoms with Crippen molar-refractivity contribution in [2.75, 3.05) is 92.5 Å². The van der Waals surface area contributed by atoms with Crippen molar-refractivity contribution in [2.24, 2.45) is 0 Å². The molecule has 0 bridgehead atoms. The Kier molecular flexibility index (Phi) is 8.03. The van der Waals surface area contributed by atoms with Crippen LogP contribution in [0.3, 0.4) is 0 Å². The number of likely N-dealkylation sites (tertiary alicyclic amines) is 1. The van der Waals surface area contributed by atoms with Crippen molar-refractivity contribution in [3.05, 3.63) is 23.8 Å². The van der Waals surface area contributed by atoms with E-state index in [9.17, 15) is 5.11 Å². The van der Waals surface area contributed by atoms with Crippen LogP contribution in [0, 0.1) is 0 Å². The second-order valence-electron chi connectivity index (χ2n) is 8.86. The highest BCUT2D eigenvalue weighted by atomic mass is 16.5. The van der Waals surface area contributed by atoms with Gasteiger partial charge in [0.15, 0.2) is 11.5 Å². The molecule has 0 aliphatic carbocycles. The number of β-amino-alcohol motifs (C(OH)–C–C–N with tert-alkyl or cyclic N) is 1. The number of aliphatic hydroxyl groups is 1. The first-order valence-corrected chi connectivity index (χ1v) is 11.5. The fourth-order valence-electron chi connectivity index (χ4n) is 4.68. The summed E-state index contributed by atoms with van der Waals surface area (Å²) in [5.41, 5.74) is 0.539. The largest absolute Gasteiger partial charge is 0.493 e. The molecular formula is C23H37N3O5. The van der Waals surface area contributed by atoms with Gasteiger partial charge >= 0.3 is 0 Å². The third-order valence-corrected chi connectivity index (χ3v) is 6.44. The summed E-state index contributed by atoms with van der Waals surface area (Å²) in [7, 11) is 1.69. The molecule has 3 aliphatic heterocycles. The van der Waals surface area contributed by atoms with E-state index in [0.717, 1.165) is 96.7 Å². The first-order valence-electron chi connectivity index (χ1n) is 11.5. The summed E-state index contributed by atoms with van der Waals surface area (Å²) in [5, 5.41) is 11.1. The summed E-state index contributed by atoms with van der Waals surface area (Å²) >= 11 is 0. The minimum absolute atomic E-state index is 0.635. The average molecular weight is 436 g/mol. The first-order chi connectivity index (χ1) is 15.1. The number of benzene rings is 1. The lowest BCUT2D eigenvalue weighted by Gasteiger charge is -2.33. The van der Waals surface area contributed by atoms with E-state index in [-0.39, 0.29) is 0 Å². The highest BCUT2D eigenvalue weighted by Crippen LogP contribution is 2.30. The predicted octanol–water partition coefficient (Wildman–Crippen LogP) is 0.675. The van der Waals surface area contributed by atoms with Gasteiger partial charge in [-0.05, 0) is 24.1 Å². The Morgan fingerprint density at radius 2 is 1.65 bits per heavy atom. The van der Waals surface area contributed by atoms with Crippen molar-refractivity contribution in [2.45, 2.75) is 18.6 Å². The van der Waals surface area contributed by atoms with Crippen molar-refractivity contribution in [1.82, 2.24) is 14.7 Å². The van der Waals surface area contributed by atoms with Crippen LogP contribution in [0.25, 0.3) is 0 Å². The van der Waals surface area contributed by atoms with Gasteiger partial charge in [-0.2, -0.15) is 0 Å². The zero-order valence-electron chi connectivity index (χ0n) is 18.8. The number of nitrogens with zero attached hydrogens (tertiary/aromatic N) is 3. The van der Waals surface area contributed by atoms with Gasteiger partial charge in [0.1, 0.15) is 6.61 Å². The maximum Gasteiger partial charge on any atom is 0.161 e. The average Bonchev–Trinajstić information content (AvgIpc) is 3.15. The third kappa shape index (κ3) is 6.54. The number of morpholine rings is 2. The monoisotopic (exact) mass is 435 g/mol. The summed E-state index contributed by atoms with van der Waals surface area (Å²) in [6, 6.07) is 6.17. The first kappa shape index (κ1) is 22.8. The number of methoxy groups -OCH3 is 1. The molecule has 1 aromatic rings. The van der Waals surface area contributed by atoms with Gasteiger partial charge in [0, 0.05) is 58.9 Å². The standard InChI is InChI=1S/C23H37N3O5/c1-28-22-16-20(2-3-21(22)31-15-10-24-6-11-29-12-7-24)17-26-5-4-23(27,19-26)18-25-8-13-30-14-9-25/h2-3,16,27H,4-15,17-19H2,1H3/t23-/m1/s1. The summed E-state index contributed by atoms with van der Waals surface area (Å²) < 4.78 is 22.4. The second-order valence-corrected chi connectivity index (χ2v) is 8.86. The molecule has 31 heavy (non-hydrogen) atoms. The molecule has 0 saturated carbocycles. The molecular weight excluding hydrogens is 398 g/mol. The fraction of sp³-hybridized carbons (Fsp3) is 0.739. The van der Waals surface area contributed by atoms with Gasteiger partial charge in [0.05, 0.1) is 39.1 Å². The van der Waals surface area contributed by atoms with Gasteiger partial charge in [0.2, 0.25) is 0 Å². The van der Waals surface area contributed by atoms with Gasteiger partial charge in [0.25, 0.3) is 0 Å². The van der Waals surface area contributed by atoms with Gasteiger partial charge in [-0.15, -0.1) is 0 Å². The van der Waals surface area contributed by atoms with Gasteiger partial charge < -0.3 is 24.1 Å². The summed E-state index contributed by atoms with van der Waals surface area (Å²) in [6.45, 7) is 11.5. The Labute approximate surface area is 185 Å². The zero-order valence-corrected chi connectivity index (χ0v) is 18.8. The van der Waals surface area contributed by atoms with Crippen LogP contribution in [0.1, 0.15) is 12.0 Å². The molecule has 1 aromatic carbocycles. The number of hydrogen-bond acceptors (Lipinski definition) is 8. The minimum Gasteiger partial charge on any atom is -0.493 e. The Bertz CT molecular complexity index is 694. The van der Waals surface area contributed by atoms with Crippen molar-refractivity contribution in [1.29, 1.82) is 0 Å². The number of hydrogen-bond donors (Lipinski definition) is 1. The predicted molar refractivity (Wildman–Crippen MR) is 118 cm³/mol. The Morgan fingerprint density at radius 1 is 0.935 bits per heavy atom. The van der Waals surface area contributed by atoms with E-state index in [2.05, 4.69) is 26.8 Å². The van der Waals surface area contributed by atoms with E-state index < -0.39 is 5.60 Å². The van der Waals surface area contributed by atoms with E-state index in [4.69, 9.17) is 18.9 Å². The zero-order chi connectivity index (χ0) is 21.5.